The van der Waals surface area contributed by atoms with Crippen molar-refractivity contribution < 1.29 is 27.6 Å². The number of hydrogen-bond donors (Lipinski definition) is 3. The van der Waals surface area contributed by atoms with Crippen LogP contribution in [0.5, 0.6) is 0 Å². The third kappa shape index (κ3) is 6.23. The van der Waals surface area contributed by atoms with Gasteiger partial charge >= 0.3 is 0 Å². The summed E-state index contributed by atoms with van der Waals surface area (Å²) in [5.74, 6) is -3.02. The minimum absolute atomic E-state index is 0.0132. The van der Waals surface area contributed by atoms with Crippen molar-refractivity contribution in [1.29, 1.82) is 0 Å². The van der Waals surface area contributed by atoms with Gasteiger partial charge in [-0.05, 0) is 42.0 Å². The lowest BCUT2D eigenvalue weighted by atomic mass is 10.2. The Morgan fingerprint density at radius 3 is 2.48 bits per heavy atom. The van der Waals surface area contributed by atoms with Crippen LogP contribution in [0, 0.1) is 11.6 Å². The van der Waals surface area contributed by atoms with E-state index in [2.05, 4.69) is 16.0 Å². The van der Waals surface area contributed by atoms with E-state index in [-0.39, 0.29) is 42.6 Å². The van der Waals surface area contributed by atoms with E-state index < -0.39 is 17.5 Å². The van der Waals surface area contributed by atoms with Crippen LogP contribution in [0.2, 0.25) is 0 Å². The maximum Gasteiger partial charge on any atom is 0.291 e. The van der Waals surface area contributed by atoms with Crippen molar-refractivity contribution in [2.24, 2.45) is 0 Å². The number of hydrogen-bond acceptors (Lipinski definition) is 4. The first-order valence-electron chi connectivity index (χ1n) is 9.36. The topological polar surface area (TPSA) is 100 Å². The highest BCUT2D eigenvalue weighted by atomic mass is 19.1. The summed E-state index contributed by atoms with van der Waals surface area (Å²) in [6.45, 7) is 0.199. The highest BCUT2D eigenvalue weighted by Crippen LogP contribution is 2.13. The second-order valence-corrected chi connectivity index (χ2v) is 6.54. The lowest BCUT2D eigenvalue weighted by molar-refractivity contribution is -0.121. The number of carbonyl (C=O) groups excluding carboxylic acids is 3. The summed E-state index contributed by atoms with van der Waals surface area (Å²) in [7, 11) is 0. The van der Waals surface area contributed by atoms with Crippen LogP contribution in [-0.4, -0.2) is 24.3 Å². The number of rotatable bonds is 8. The molecule has 3 rings (SSSR count). The average Bonchev–Trinajstić information content (AvgIpc) is 3.27. The highest BCUT2D eigenvalue weighted by molar-refractivity contribution is 6.02. The number of anilines is 1. The van der Waals surface area contributed by atoms with Crippen LogP contribution >= 0.6 is 0 Å². The van der Waals surface area contributed by atoms with E-state index in [1.54, 1.807) is 36.4 Å². The van der Waals surface area contributed by atoms with Gasteiger partial charge in [-0.3, -0.25) is 14.4 Å². The zero-order valence-electron chi connectivity index (χ0n) is 16.3. The van der Waals surface area contributed by atoms with E-state index in [1.807, 2.05) is 0 Å². The summed E-state index contributed by atoms with van der Waals surface area (Å²) in [6.07, 6.45) is 1.38. The van der Waals surface area contributed by atoms with E-state index in [4.69, 9.17) is 4.42 Å². The first kappa shape index (κ1) is 21.7. The van der Waals surface area contributed by atoms with Gasteiger partial charge in [0.15, 0.2) is 5.76 Å². The molecule has 31 heavy (non-hydrogen) atoms. The number of benzene rings is 2. The molecule has 3 amide bonds. The molecular weight excluding hydrogens is 408 g/mol. The van der Waals surface area contributed by atoms with Gasteiger partial charge in [0.1, 0.15) is 11.6 Å². The first-order valence-corrected chi connectivity index (χ1v) is 9.36. The van der Waals surface area contributed by atoms with Gasteiger partial charge in [-0.25, -0.2) is 8.78 Å². The zero-order chi connectivity index (χ0) is 22.2. The van der Waals surface area contributed by atoms with E-state index >= 15 is 0 Å². The molecule has 0 aliphatic carbocycles. The SMILES string of the molecule is O=C(CCNC(=O)c1ccc(F)cc1F)NCc1cccc(NC(=O)c2ccco2)c1. The smallest absolute Gasteiger partial charge is 0.291 e. The van der Waals surface area contributed by atoms with Crippen molar-refractivity contribution in [1.82, 2.24) is 10.6 Å². The van der Waals surface area contributed by atoms with Crippen molar-refractivity contribution >= 4 is 23.4 Å². The van der Waals surface area contributed by atoms with Crippen LogP contribution in [0.3, 0.4) is 0 Å². The Morgan fingerprint density at radius 1 is 0.903 bits per heavy atom. The number of halogens is 2. The minimum atomic E-state index is -0.971. The van der Waals surface area contributed by atoms with E-state index in [0.717, 1.165) is 17.7 Å². The monoisotopic (exact) mass is 427 g/mol. The second kappa shape index (κ2) is 10.1. The summed E-state index contributed by atoms with van der Waals surface area (Å²) < 4.78 is 31.5. The Morgan fingerprint density at radius 2 is 1.74 bits per heavy atom. The van der Waals surface area contributed by atoms with Crippen molar-refractivity contribution in [3.05, 3.63) is 89.4 Å². The van der Waals surface area contributed by atoms with Crippen LogP contribution in [0.1, 0.15) is 32.9 Å². The third-order valence-corrected chi connectivity index (χ3v) is 4.23. The molecule has 3 N–H and O–H groups in total. The fraction of sp³-hybridized carbons (Fsp3) is 0.136. The Hall–Kier alpha value is -4.01. The van der Waals surface area contributed by atoms with Crippen LogP contribution < -0.4 is 16.0 Å². The number of carbonyl (C=O) groups is 3. The molecule has 1 heterocycles. The van der Waals surface area contributed by atoms with Crippen molar-refractivity contribution in [3.63, 3.8) is 0 Å². The molecule has 0 saturated heterocycles. The first-order chi connectivity index (χ1) is 14.9. The van der Waals surface area contributed by atoms with Gasteiger partial charge in [-0.2, -0.15) is 0 Å². The number of nitrogens with one attached hydrogen (secondary N) is 3. The van der Waals surface area contributed by atoms with Gasteiger partial charge in [-0.15, -0.1) is 0 Å². The lowest BCUT2D eigenvalue weighted by Crippen LogP contribution is -2.31. The molecule has 0 unspecified atom stereocenters. The fourth-order valence-corrected chi connectivity index (χ4v) is 2.71. The summed E-state index contributed by atoms with van der Waals surface area (Å²) in [4.78, 5) is 35.9. The van der Waals surface area contributed by atoms with Crippen molar-refractivity contribution in [2.45, 2.75) is 13.0 Å². The van der Waals surface area contributed by atoms with E-state index in [0.29, 0.717) is 11.8 Å². The van der Waals surface area contributed by atoms with Gasteiger partial charge in [0, 0.05) is 31.3 Å². The number of furan rings is 1. The summed E-state index contributed by atoms with van der Waals surface area (Å²) in [5.41, 5.74) is 1.000. The normalized spacial score (nSPS) is 10.4. The molecule has 0 bridgehead atoms. The van der Waals surface area contributed by atoms with E-state index in [9.17, 15) is 23.2 Å². The molecule has 0 fully saturated rings. The molecule has 1 aromatic heterocycles. The molecule has 2 aromatic carbocycles. The summed E-state index contributed by atoms with van der Waals surface area (Å²) >= 11 is 0. The van der Waals surface area contributed by atoms with Crippen LogP contribution in [0.15, 0.2) is 65.3 Å². The molecular formula is C22H19F2N3O4. The van der Waals surface area contributed by atoms with Crippen LogP contribution in [-0.2, 0) is 11.3 Å². The van der Waals surface area contributed by atoms with E-state index in [1.165, 1.54) is 6.26 Å². The Balaban J connectivity index is 1.43. The third-order valence-electron chi connectivity index (χ3n) is 4.23. The molecule has 0 atom stereocenters. The maximum atomic E-state index is 13.6. The Bertz CT molecular complexity index is 1080. The van der Waals surface area contributed by atoms with Gasteiger partial charge in [0.2, 0.25) is 5.91 Å². The molecule has 160 valence electrons. The molecule has 9 heteroatoms. The minimum Gasteiger partial charge on any atom is -0.459 e. The lowest BCUT2D eigenvalue weighted by Gasteiger charge is -2.09. The van der Waals surface area contributed by atoms with Gasteiger partial charge in [0.25, 0.3) is 11.8 Å². The zero-order valence-corrected chi connectivity index (χ0v) is 16.3. The molecule has 0 aliphatic heterocycles. The second-order valence-electron chi connectivity index (χ2n) is 6.54. The standard InChI is InChI=1S/C22H19F2N3O4/c23-15-6-7-17(18(24)12-15)21(29)25-9-8-20(28)26-13-14-3-1-4-16(11-14)27-22(30)19-5-2-10-31-19/h1-7,10-12H,8-9,13H2,(H,25,29)(H,26,28)(H,27,30). The van der Waals surface area contributed by atoms with Gasteiger partial charge in [-0.1, -0.05) is 12.1 Å². The summed E-state index contributed by atoms with van der Waals surface area (Å²) in [5, 5.41) is 7.80. The Labute approximate surface area is 176 Å². The molecule has 7 nitrogen and oxygen atoms in total. The predicted octanol–water partition coefficient (Wildman–Crippen LogP) is 3.25. The molecule has 3 aromatic rings. The Kier molecular flexibility index (Phi) is 7.10. The predicted molar refractivity (Wildman–Crippen MR) is 108 cm³/mol. The van der Waals surface area contributed by atoms with Gasteiger partial charge < -0.3 is 20.4 Å². The fourth-order valence-electron chi connectivity index (χ4n) is 2.71. The maximum absolute atomic E-state index is 13.6. The summed E-state index contributed by atoms with van der Waals surface area (Å²) in [6, 6.07) is 12.7. The average molecular weight is 427 g/mol. The highest BCUT2D eigenvalue weighted by Gasteiger charge is 2.13. The van der Waals surface area contributed by atoms with Crippen LogP contribution in [0.25, 0.3) is 0 Å². The van der Waals surface area contributed by atoms with Crippen molar-refractivity contribution in [3.8, 4) is 0 Å². The van der Waals surface area contributed by atoms with Crippen molar-refractivity contribution in [2.75, 3.05) is 11.9 Å². The molecule has 0 saturated carbocycles. The largest absolute Gasteiger partial charge is 0.459 e. The molecule has 0 radical (unpaired) electrons. The van der Waals surface area contributed by atoms with Crippen LogP contribution in [0.4, 0.5) is 14.5 Å². The molecule has 0 spiro atoms. The molecule has 0 aliphatic rings. The quantitative estimate of drug-likeness (QED) is 0.514. The number of amides is 3. The van der Waals surface area contributed by atoms with Gasteiger partial charge in [0.05, 0.1) is 11.8 Å².